The summed E-state index contributed by atoms with van der Waals surface area (Å²) in [4.78, 5) is -0.290. The van der Waals surface area contributed by atoms with Gasteiger partial charge in [-0.15, -0.1) is 0 Å². The number of hydrogen-bond acceptors (Lipinski definition) is 4. The molecule has 116 valence electrons. The Hall–Kier alpha value is -1.13. The van der Waals surface area contributed by atoms with Crippen LogP contribution >= 0.6 is 0 Å². The van der Waals surface area contributed by atoms with E-state index in [1.807, 2.05) is 0 Å². The van der Waals surface area contributed by atoms with Crippen LogP contribution in [0.3, 0.4) is 0 Å². The van der Waals surface area contributed by atoms with Crippen LogP contribution in [0.15, 0.2) is 17.3 Å². The standard InChI is InChI=1S/C10H16F3N3O3S/c1-2-16(8-10(11,12)13)20(18,19)9-6-14-15(7-9)4-3-5-17/h6-7,17H,2-5,8H2,1H3. The van der Waals surface area contributed by atoms with Crippen LogP contribution in [-0.4, -0.2) is 53.5 Å². The molecule has 0 unspecified atom stereocenters. The largest absolute Gasteiger partial charge is 0.402 e. The van der Waals surface area contributed by atoms with Gasteiger partial charge in [0.15, 0.2) is 0 Å². The molecule has 0 spiro atoms. The molecule has 1 aromatic rings. The highest BCUT2D eigenvalue weighted by molar-refractivity contribution is 7.89. The monoisotopic (exact) mass is 315 g/mol. The molecule has 1 N–H and O–H groups in total. The van der Waals surface area contributed by atoms with Crippen LogP contribution in [0.5, 0.6) is 0 Å². The Morgan fingerprint density at radius 3 is 2.60 bits per heavy atom. The van der Waals surface area contributed by atoms with Crippen molar-refractivity contribution in [3.63, 3.8) is 0 Å². The van der Waals surface area contributed by atoms with Gasteiger partial charge in [-0.1, -0.05) is 6.92 Å². The fraction of sp³-hybridized carbons (Fsp3) is 0.700. The van der Waals surface area contributed by atoms with Crippen molar-refractivity contribution < 1.29 is 26.7 Å². The second kappa shape index (κ2) is 6.55. The Labute approximate surface area is 114 Å². The Bertz CT molecular complexity index is 527. The molecule has 0 aliphatic carbocycles. The maximum atomic E-state index is 12.4. The third-order valence-corrected chi connectivity index (χ3v) is 4.37. The lowest BCUT2D eigenvalue weighted by Crippen LogP contribution is -2.38. The van der Waals surface area contributed by atoms with Gasteiger partial charge in [0, 0.05) is 25.9 Å². The van der Waals surface area contributed by atoms with Crippen molar-refractivity contribution in [2.45, 2.75) is 31.0 Å². The molecule has 6 nitrogen and oxygen atoms in total. The Balaban J connectivity index is 2.93. The number of aliphatic hydroxyl groups is 1. The molecule has 0 aliphatic heterocycles. The summed E-state index contributed by atoms with van der Waals surface area (Å²) in [5.74, 6) is 0. The van der Waals surface area contributed by atoms with E-state index in [-0.39, 0.29) is 24.6 Å². The average Bonchev–Trinajstić information content (AvgIpc) is 2.81. The smallest absolute Gasteiger partial charge is 0.396 e. The SMILES string of the molecule is CCN(CC(F)(F)F)S(=O)(=O)c1cnn(CCCO)c1. The molecule has 0 atom stereocenters. The van der Waals surface area contributed by atoms with Crippen LogP contribution in [0.1, 0.15) is 13.3 Å². The minimum atomic E-state index is -4.60. The lowest BCUT2D eigenvalue weighted by atomic mass is 10.5. The lowest BCUT2D eigenvalue weighted by Gasteiger charge is -2.20. The van der Waals surface area contributed by atoms with Gasteiger partial charge >= 0.3 is 6.18 Å². The van der Waals surface area contributed by atoms with E-state index in [1.165, 1.54) is 11.6 Å². The molecule has 0 aromatic carbocycles. The van der Waals surface area contributed by atoms with E-state index in [0.717, 1.165) is 12.4 Å². The number of aliphatic hydroxyl groups excluding tert-OH is 1. The molecule has 0 radical (unpaired) electrons. The first kappa shape index (κ1) is 16.9. The van der Waals surface area contributed by atoms with Gasteiger partial charge in [0.1, 0.15) is 11.4 Å². The fourth-order valence-electron chi connectivity index (χ4n) is 1.55. The number of aryl methyl sites for hydroxylation is 1. The molecule has 1 aromatic heterocycles. The zero-order valence-corrected chi connectivity index (χ0v) is 11.7. The van der Waals surface area contributed by atoms with E-state index in [4.69, 9.17) is 5.11 Å². The van der Waals surface area contributed by atoms with Crippen molar-refractivity contribution >= 4 is 10.0 Å². The van der Waals surface area contributed by atoms with Crippen molar-refractivity contribution in [2.75, 3.05) is 19.7 Å². The van der Waals surface area contributed by atoms with Crippen LogP contribution in [0.4, 0.5) is 13.2 Å². The van der Waals surface area contributed by atoms with E-state index in [2.05, 4.69) is 5.10 Å². The minimum Gasteiger partial charge on any atom is -0.396 e. The topological polar surface area (TPSA) is 75.4 Å². The third kappa shape index (κ3) is 4.46. The number of sulfonamides is 1. The van der Waals surface area contributed by atoms with Crippen LogP contribution < -0.4 is 0 Å². The summed E-state index contributed by atoms with van der Waals surface area (Å²) in [5.41, 5.74) is 0. The number of aromatic nitrogens is 2. The van der Waals surface area contributed by atoms with Crippen LogP contribution in [0, 0.1) is 0 Å². The molecule has 0 fully saturated rings. The lowest BCUT2D eigenvalue weighted by molar-refractivity contribution is -0.135. The number of alkyl halides is 3. The second-order valence-corrected chi connectivity index (χ2v) is 6.00. The molecular formula is C10H16F3N3O3S. The van der Waals surface area contributed by atoms with Crippen LogP contribution in [0.2, 0.25) is 0 Å². The summed E-state index contributed by atoms with van der Waals surface area (Å²) in [6.45, 7) is -0.286. The minimum absolute atomic E-state index is 0.0862. The molecule has 1 heterocycles. The predicted molar refractivity (Wildman–Crippen MR) is 64.4 cm³/mol. The molecule has 0 aliphatic rings. The second-order valence-electron chi connectivity index (χ2n) is 4.06. The Morgan fingerprint density at radius 2 is 2.10 bits per heavy atom. The highest BCUT2D eigenvalue weighted by atomic mass is 32.2. The first-order valence-electron chi connectivity index (χ1n) is 5.91. The molecule has 0 bridgehead atoms. The first-order valence-corrected chi connectivity index (χ1v) is 7.35. The maximum Gasteiger partial charge on any atom is 0.402 e. The molecule has 0 saturated heterocycles. The fourth-order valence-corrected chi connectivity index (χ4v) is 2.94. The number of rotatable bonds is 7. The molecule has 20 heavy (non-hydrogen) atoms. The van der Waals surface area contributed by atoms with E-state index in [0.29, 0.717) is 10.7 Å². The Morgan fingerprint density at radius 1 is 1.45 bits per heavy atom. The van der Waals surface area contributed by atoms with Gasteiger partial charge < -0.3 is 5.11 Å². The molecule has 1 rings (SSSR count). The molecule has 10 heteroatoms. The van der Waals surface area contributed by atoms with Gasteiger partial charge in [0.05, 0.1) is 6.20 Å². The van der Waals surface area contributed by atoms with E-state index in [1.54, 1.807) is 0 Å². The zero-order chi connectivity index (χ0) is 15.4. The third-order valence-electron chi connectivity index (χ3n) is 2.50. The summed E-state index contributed by atoms with van der Waals surface area (Å²) < 4.78 is 62.8. The van der Waals surface area contributed by atoms with Gasteiger partial charge in [-0.3, -0.25) is 4.68 Å². The molecule has 0 amide bonds. The number of nitrogens with zero attached hydrogens (tertiary/aromatic N) is 3. The van der Waals surface area contributed by atoms with Crippen LogP contribution in [0.25, 0.3) is 0 Å². The van der Waals surface area contributed by atoms with E-state index < -0.39 is 22.7 Å². The maximum absolute atomic E-state index is 12.4. The number of hydrogen-bond donors (Lipinski definition) is 1. The van der Waals surface area contributed by atoms with Crippen molar-refractivity contribution in [3.05, 3.63) is 12.4 Å². The first-order chi connectivity index (χ1) is 9.20. The zero-order valence-electron chi connectivity index (χ0n) is 10.8. The molecular weight excluding hydrogens is 299 g/mol. The van der Waals surface area contributed by atoms with Crippen molar-refractivity contribution in [1.82, 2.24) is 14.1 Å². The summed E-state index contributed by atoms with van der Waals surface area (Å²) in [6, 6.07) is 0. The normalized spacial score (nSPS) is 13.1. The highest BCUT2D eigenvalue weighted by Crippen LogP contribution is 2.22. The van der Waals surface area contributed by atoms with Crippen molar-refractivity contribution in [1.29, 1.82) is 0 Å². The van der Waals surface area contributed by atoms with Crippen LogP contribution in [-0.2, 0) is 16.6 Å². The highest BCUT2D eigenvalue weighted by Gasteiger charge is 2.36. The Kier molecular flexibility index (Phi) is 5.54. The van der Waals surface area contributed by atoms with Crippen molar-refractivity contribution in [3.8, 4) is 0 Å². The van der Waals surface area contributed by atoms with E-state index in [9.17, 15) is 21.6 Å². The quantitative estimate of drug-likeness (QED) is 0.809. The van der Waals surface area contributed by atoms with Gasteiger partial charge in [0.2, 0.25) is 10.0 Å². The average molecular weight is 315 g/mol. The summed E-state index contributed by atoms with van der Waals surface area (Å²) in [6.07, 6.45) is -2.06. The van der Waals surface area contributed by atoms with Gasteiger partial charge in [-0.05, 0) is 6.42 Å². The van der Waals surface area contributed by atoms with Gasteiger partial charge in [-0.25, -0.2) is 8.42 Å². The van der Waals surface area contributed by atoms with Crippen molar-refractivity contribution in [2.24, 2.45) is 0 Å². The predicted octanol–water partition coefficient (Wildman–Crippen LogP) is 0.838. The summed E-state index contributed by atoms with van der Waals surface area (Å²) in [5, 5.41) is 12.4. The molecule has 0 saturated carbocycles. The summed E-state index contributed by atoms with van der Waals surface area (Å²) >= 11 is 0. The van der Waals surface area contributed by atoms with E-state index >= 15 is 0 Å². The summed E-state index contributed by atoms with van der Waals surface area (Å²) in [7, 11) is -4.22. The van der Waals surface area contributed by atoms with Gasteiger partial charge in [0.25, 0.3) is 0 Å². The van der Waals surface area contributed by atoms with Gasteiger partial charge in [-0.2, -0.15) is 22.6 Å². The number of halogens is 3.